The van der Waals surface area contributed by atoms with Gasteiger partial charge < -0.3 is 5.11 Å². The molecule has 1 aliphatic heterocycles. The molecule has 0 amide bonds. The first-order chi connectivity index (χ1) is 8.56. The Balaban J connectivity index is 1.95. The van der Waals surface area contributed by atoms with Gasteiger partial charge in [0.2, 0.25) is 0 Å². The van der Waals surface area contributed by atoms with Gasteiger partial charge in [0, 0.05) is 13.1 Å². The van der Waals surface area contributed by atoms with Crippen LogP contribution in [-0.4, -0.2) is 44.0 Å². The maximum atomic E-state index is 9.91. The summed E-state index contributed by atoms with van der Waals surface area (Å²) in [5.41, 5.74) is 0. The summed E-state index contributed by atoms with van der Waals surface area (Å²) in [6.45, 7) is 9.94. The van der Waals surface area contributed by atoms with Gasteiger partial charge in [0.25, 0.3) is 0 Å². The molecule has 18 heavy (non-hydrogen) atoms. The van der Waals surface area contributed by atoms with Crippen molar-refractivity contribution in [3.8, 4) is 0 Å². The number of hydrogen-bond donors (Lipinski definition) is 1. The lowest BCUT2D eigenvalue weighted by Crippen LogP contribution is -2.42. The highest BCUT2D eigenvalue weighted by atomic mass is 16.3. The predicted molar refractivity (Wildman–Crippen MR) is 69.9 cm³/mol. The molecule has 0 saturated carbocycles. The average Bonchev–Trinajstić information content (AvgIpc) is 2.70. The van der Waals surface area contributed by atoms with E-state index in [1.807, 2.05) is 4.68 Å². The molecule has 2 rings (SSSR count). The lowest BCUT2D eigenvalue weighted by molar-refractivity contribution is 0.0243. The second-order valence-corrected chi connectivity index (χ2v) is 5.82. The van der Waals surface area contributed by atoms with Crippen LogP contribution in [-0.2, 0) is 13.1 Å². The van der Waals surface area contributed by atoms with Crippen LogP contribution in [0.1, 0.15) is 33.0 Å². The van der Waals surface area contributed by atoms with E-state index >= 15 is 0 Å². The van der Waals surface area contributed by atoms with E-state index in [-0.39, 0.29) is 6.10 Å². The summed E-state index contributed by atoms with van der Waals surface area (Å²) in [5, 5.41) is 14.2. The molecule has 0 radical (unpaired) electrons. The summed E-state index contributed by atoms with van der Waals surface area (Å²) in [4.78, 5) is 6.61. The monoisotopic (exact) mass is 252 g/mol. The van der Waals surface area contributed by atoms with Gasteiger partial charge >= 0.3 is 0 Å². The topological polar surface area (TPSA) is 54.2 Å². The zero-order chi connectivity index (χ0) is 13.1. The van der Waals surface area contributed by atoms with Crippen LogP contribution < -0.4 is 0 Å². The maximum absolute atomic E-state index is 9.91. The summed E-state index contributed by atoms with van der Waals surface area (Å²) in [6.07, 6.45) is 2.47. The number of piperidine rings is 1. The number of β-amino-alcohol motifs (C(OH)–C–C–N with tert-alkyl or cyclic N) is 1. The Morgan fingerprint density at radius 2 is 2.28 bits per heavy atom. The van der Waals surface area contributed by atoms with E-state index < -0.39 is 0 Å². The van der Waals surface area contributed by atoms with E-state index in [1.165, 1.54) is 0 Å². The molecule has 2 heterocycles. The van der Waals surface area contributed by atoms with Crippen LogP contribution in [0.2, 0.25) is 0 Å². The Morgan fingerprint density at radius 1 is 1.50 bits per heavy atom. The third-order valence-corrected chi connectivity index (χ3v) is 3.60. The van der Waals surface area contributed by atoms with E-state index in [1.54, 1.807) is 6.33 Å². The molecular formula is C13H24N4O. The normalized spacial score (nSPS) is 25.8. The second-order valence-electron chi connectivity index (χ2n) is 5.82. The third-order valence-electron chi connectivity index (χ3n) is 3.60. The summed E-state index contributed by atoms with van der Waals surface area (Å²) < 4.78 is 1.98. The van der Waals surface area contributed by atoms with Crippen molar-refractivity contribution in [2.24, 2.45) is 11.8 Å². The van der Waals surface area contributed by atoms with Crippen LogP contribution in [0.25, 0.3) is 0 Å². The van der Waals surface area contributed by atoms with E-state index in [0.717, 1.165) is 38.4 Å². The van der Waals surface area contributed by atoms with Gasteiger partial charge in [-0.1, -0.05) is 20.8 Å². The van der Waals surface area contributed by atoms with Gasteiger partial charge in [-0.15, -0.1) is 0 Å². The van der Waals surface area contributed by atoms with E-state index in [2.05, 4.69) is 35.8 Å². The van der Waals surface area contributed by atoms with Crippen LogP contribution >= 0.6 is 0 Å². The SMILES string of the molecule is CC(C)Cn1ncnc1CN1CCC(C)C(O)C1. The second kappa shape index (κ2) is 5.80. The smallest absolute Gasteiger partial charge is 0.141 e. The van der Waals surface area contributed by atoms with Crippen molar-refractivity contribution in [2.45, 2.75) is 46.4 Å². The first kappa shape index (κ1) is 13.5. The highest BCUT2D eigenvalue weighted by Crippen LogP contribution is 2.18. The van der Waals surface area contributed by atoms with Gasteiger partial charge in [-0.05, 0) is 24.8 Å². The summed E-state index contributed by atoms with van der Waals surface area (Å²) >= 11 is 0. The minimum atomic E-state index is -0.208. The van der Waals surface area contributed by atoms with Gasteiger partial charge in [-0.3, -0.25) is 4.90 Å². The number of rotatable bonds is 4. The Hall–Kier alpha value is -0.940. The molecule has 0 aromatic carbocycles. The number of likely N-dealkylation sites (tertiary alicyclic amines) is 1. The summed E-state index contributed by atoms with van der Waals surface area (Å²) in [5.74, 6) is 1.98. The van der Waals surface area contributed by atoms with Gasteiger partial charge in [-0.25, -0.2) is 9.67 Å². The van der Waals surface area contributed by atoms with Crippen molar-refractivity contribution < 1.29 is 5.11 Å². The van der Waals surface area contributed by atoms with E-state index in [0.29, 0.717) is 11.8 Å². The van der Waals surface area contributed by atoms with Crippen molar-refractivity contribution in [1.82, 2.24) is 19.7 Å². The lowest BCUT2D eigenvalue weighted by Gasteiger charge is -2.33. The zero-order valence-corrected chi connectivity index (χ0v) is 11.6. The van der Waals surface area contributed by atoms with Crippen molar-refractivity contribution in [3.05, 3.63) is 12.2 Å². The molecule has 1 aromatic heterocycles. The van der Waals surface area contributed by atoms with Gasteiger partial charge in [0.05, 0.1) is 12.6 Å². The summed E-state index contributed by atoms with van der Waals surface area (Å²) in [6, 6.07) is 0. The number of aromatic nitrogens is 3. The van der Waals surface area contributed by atoms with Crippen molar-refractivity contribution in [2.75, 3.05) is 13.1 Å². The Morgan fingerprint density at radius 3 is 2.94 bits per heavy atom. The first-order valence-electron chi connectivity index (χ1n) is 6.83. The van der Waals surface area contributed by atoms with Crippen molar-refractivity contribution in [3.63, 3.8) is 0 Å². The minimum absolute atomic E-state index is 0.208. The molecule has 1 saturated heterocycles. The molecule has 5 nitrogen and oxygen atoms in total. The van der Waals surface area contributed by atoms with Crippen LogP contribution in [0.5, 0.6) is 0 Å². The standard InChI is InChI=1S/C13H24N4O/c1-10(2)6-17-13(14-9-15-17)8-16-5-4-11(3)12(18)7-16/h9-12,18H,4-8H2,1-3H3. The fourth-order valence-corrected chi connectivity index (χ4v) is 2.37. The molecule has 1 fully saturated rings. The predicted octanol–water partition coefficient (Wildman–Crippen LogP) is 1.14. The molecule has 102 valence electrons. The van der Waals surface area contributed by atoms with Gasteiger partial charge in [0.15, 0.2) is 0 Å². The average molecular weight is 252 g/mol. The molecule has 5 heteroatoms. The Kier molecular flexibility index (Phi) is 4.35. The molecule has 1 aromatic rings. The van der Waals surface area contributed by atoms with Crippen LogP contribution in [0.15, 0.2) is 6.33 Å². The minimum Gasteiger partial charge on any atom is -0.392 e. The zero-order valence-electron chi connectivity index (χ0n) is 11.6. The lowest BCUT2D eigenvalue weighted by atomic mass is 9.96. The van der Waals surface area contributed by atoms with E-state index in [4.69, 9.17) is 0 Å². The highest BCUT2D eigenvalue weighted by Gasteiger charge is 2.25. The van der Waals surface area contributed by atoms with Crippen molar-refractivity contribution >= 4 is 0 Å². The highest BCUT2D eigenvalue weighted by molar-refractivity contribution is 4.87. The summed E-state index contributed by atoms with van der Waals surface area (Å²) in [7, 11) is 0. The first-order valence-corrected chi connectivity index (χ1v) is 6.83. The molecule has 0 bridgehead atoms. The van der Waals surface area contributed by atoms with Gasteiger partial charge in [0.1, 0.15) is 12.2 Å². The molecule has 1 aliphatic rings. The Bertz CT molecular complexity index is 377. The fourth-order valence-electron chi connectivity index (χ4n) is 2.37. The molecule has 1 N–H and O–H groups in total. The van der Waals surface area contributed by atoms with Crippen LogP contribution in [0.4, 0.5) is 0 Å². The molecular weight excluding hydrogens is 228 g/mol. The maximum Gasteiger partial charge on any atom is 0.141 e. The third kappa shape index (κ3) is 3.29. The molecule has 0 aliphatic carbocycles. The number of hydrogen-bond acceptors (Lipinski definition) is 4. The number of aliphatic hydroxyl groups excluding tert-OH is 1. The van der Waals surface area contributed by atoms with Crippen molar-refractivity contribution in [1.29, 1.82) is 0 Å². The van der Waals surface area contributed by atoms with Crippen LogP contribution in [0, 0.1) is 11.8 Å². The van der Waals surface area contributed by atoms with E-state index in [9.17, 15) is 5.11 Å². The molecule has 2 unspecified atom stereocenters. The quantitative estimate of drug-likeness (QED) is 0.873. The fraction of sp³-hybridized carbons (Fsp3) is 0.846. The number of aliphatic hydroxyl groups is 1. The molecule has 0 spiro atoms. The Labute approximate surface area is 109 Å². The van der Waals surface area contributed by atoms with Gasteiger partial charge in [-0.2, -0.15) is 5.10 Å². The largest absolute Gasteiger partial charge is 0.392 e. The number of nitrogens with zero attached hydrogens (tertiary/aromatic N) is 4. The van der Waals surface area contributed by atoms with Crippen LogP contribution in [0.3, 0.4) is 0 Å². The molecule has 2 atom stereocenters.